The lowest BCUT2D eigenvalue weighted by Gasteiger charge is -2.14. The summed E-state index contributed by atoms with van der Waals surface area (Å²) in [5.74, 6) is -0.527. The molecule has 0 radical (unpaired) electrons. The van der Waals surface area contributed by atoms with E-state index < -0.39 is 11.7 Å². The molecule has 0 aliphatic heterocycles. The zero-order valence-corrected chi connectivity index (χ0v) is 16.4. The van der Waals surface area contributed by atoms with E-state index >= 15 is 0 Å². The maximum absolute atomic E-state index is 13.1. The lowest BCUT2D eigenvalue weighted by Crippen LogP contribution is -2.41. The monoisotopic (exact) mass is 390 g/mol. The third-order valence-electron chi connectivity index (χ3n) is 4.59. The van der Waals surface area contributed by atoms with Crippen molar-refractivity contribution in [1.82, 2.24) is 9.13 Å². The average molecular weight is 390 g/mol. The summed E-state index contributed by atoms with van der Waals surface area (Å²) >= 11 is 0. The van der Waals surface area contributed by atoms with Gasteiger partial charge in [-0.25, -0.2) is 9.59 Å². The Morgan fingerprint density at radius 1 is 0.966 bits per heavy atom. The topological polar surface area (TPSA) is 70.3 Å². The van der Waals surface area contributed by atoms with Crippen LogP contribution < -0.4 is 11.2 Å². The fourth-order valence-corrected chi connectivity index (χ4v) is 3.05. The zero-order chi connectivity index (χ0) is 20.8. The summed E-state index contributed by atoms with van der Waals surface area (Å²) in [6, 6.07) is 20.0. The largest absolute Gasteiger partial charge is 0.466 e. The number of esters is 1. The number of hydrogen-bond donors (Lipinski definition) is 0. The number of nitrogens with zero attached hydrogens (tertiary/aromatic N) is 2. The molecule has 29 heavy (non-hydrogen) atoms. The van der Waals surface area contributed by atoms with E-state index in [1.54, 1.807) is 13.0 Å². The number of carbonyl (C=O) groups excluding carboxylic acids is 1. The molecule has 6 nitrogen and oxygen atoms in total. The first-order chi connectivity index (χ1) is 14.0. The Morgan fingerprint density at radius 3 is 2.21 bits per heavy atom. The molecule has 0 bridgehead atoms. The van der Waals surface area contributed by atoms with Gasteiger partial charge in [-0.2, -0.15) is 0 Å². The van der Waals surface area contributed by atoms with Gasteiger partial charge in [-0.05, 0) is 24.1 Å². The summed E-state index contributed by atoms with van der Waals surface area (Å²) in [6.45, 7) is 1.84. The molecule has 1 heterocycles. The van der Waals surface area contributed by atoms with Crippen molar-refractivity contribution in [2.24, 2.45) is 0 Å². The van der Waals surface area contributed by atoms with Gasteiger partial charge in [-0.15, -0.1) is 0 Å². The van der Waals surface area contributed by atoms with E-state index in [1.807, 2.05) is 60.7 Å². The zero-order valence-electron chi connectivity index (χ0n) is 16.4. The molecule has 0 N–H and O–H groups in total. The minimum atomic E-state index is -0.527. The molecular formula is C23H22N2O4. The van der Waals surface area contributed by atoms with Crippen LogP contribution >= 0.6 is 0 Å². The van der Waals surface area contributed by atoms with Crippen LogP contribution in [0.4, 0.5) is 0 Å². The number of benzene rings is 2. The van der Waals surface area contributed by atoms with Crippen molar-refractivity contribution in [3.05, 3.63) is 110 Å². The van der Waals surface area contributed by atoms with Crippen molar-refractivity contribution in [2.75, 3.05) is 7.11 Å². The van der Waals surface area contributed by atoms with Gasteiger partial charge < -0.3 is 4.74 Å². The normalized spacial score (nSPS) is 11.3. The fraction of sp³-hybridized carbons (Fsp3) is 0.174. The van der Waals surface area contributed by atoms with Crippen molar-refractivity contribution < 1.29 is 9.53 Å². The second-order valence-corrected chi connectivity index (χ2v) is 6.64. The Morgan fingerprint density at radius 2 is 1.59 bits per heavy atom. The van der Waals surface area contributed by atoms with E-state index in [-0.39, 0.29) is 18.6 Å². The third-order valence-corrected chi connectivity index (χ3v) is 4.59. The van der Waals surface area contributed by atoms with Gasteiger partial charge in [0.1, 0.15) is 0 Å². The van der Waals surface area contributed by atoms with Crippen molar-refractivity contribution in [2.45, 2.75) is 20.0 Å². The summed E-state index contributed by atoms with van der Waals surface area (Å²) in [7, 11) is 1.30. The first-order valence-electron chi connectivity index (χ1n) is 9.18. The highest BCUT2D eigenvalue weighted by Crippen LogP contribution is 2.11. The minimum absolute atomic E-state index is 0.00129. The maximum atomic E-state index is 13.1. The molecule has 0 amide bonds. The molecule has 0 aliphatic carbocycles. The molecule has 6 heteroatoms. The highest BCUT2D eigenvalue weighted by molar-refractivity contribution is 5.93. The number of hydrogen-bond acceptors (Lipinski definition) is 4. The Balaban J connectivity index is 2.04. The fourth-order valence-electron chi connectivity index (χ4n) is 3.05. The van der Waals surface area contributed by atoms with Gasteiger partial charge in [-0.3, -0.25) is 13.9 Å². The molecule has 0 saturated carbocycles. The first-order valence-corrected chi connectivity index (χ1v) is 9.18. The van der Waals surface area contributed by atoms with Crippen LogP contribution in [0.3, 0.4) is 0 Å². The van der Waals surface area contributed by atoms with Gasteiger partial charge in [0.05, 0.1) is 25.8 Å². The van der Waals surface area contributed by atoms with Gasteiger partial charge in [0.25, 0.3) is 5.56 Å². The Labute approximate surface area is 168 Å². The van der Waals surface area contributed by atoms with Crippen molar-refractivity contribution >= 4 is 12.0 Å². The average Bonchev–Trinajstić information content (AvgIpc) is 2.74. The molecule has 0 aliphatic rings. The van der Waals surface area contributed by atoms with E-state index in [4.69, 9.17) is 4.74 Å². The summed E-state index contributed by atoms with van der Waals surface area (Å²) in [4.78, 5) is 37.8. The second kappa shape index (κ2) is 9.01. The van der Waals surface area contributed by atoms with Crippen LogP contribution in [0.5, 0.6) is 0 Å². The van der Waals surface area contributed by atoms with Crippen LogP contribution in [0.25, 0.3) is 6.08 Å². The third kappa shape index (κ3) is 4.79. The van der Waals surface area contributed by atoms with Crippen molar-refractivity contribution in [3.8, 4) is 0 Å². The SMILES string of the molecule is COC(=O)/C(=C/c1ccccc1)Cn1c(C)cc(=O)n(Cc2ccccc2)c1=O. The number of aryl methyl sites for hydroxylation is 1. The van der Waals surface area contributed by atoms with Gasteiger partial charge in [0, 0.05) is 11.8 Å². The smallest absolute Gasteiger partial charge is 0.335 e. The highest BCUT2D eigenvalue weighted by atomic mass is 16.5. The Kier molecular flexibility index (Phi) is 6.24. The van der Waals surface area contributed by atoms with Crippen LogP contribution in [-0.2, 0) is 22.6 Å². The molecule has 0 unspecified atom stereocenters. The molecule has 0 spiro atoms. The summed E-state index contributed by atoms with van der Waals surface area (Å²) in [5, 5.41) is 0. The molecular weight excluding hydrogens is 368 g/mol. The molecule has 0 fully saturated rings. The highest BCUT2D eigenvalue weighted by Gasteiger charge is 2.16. The predicted molar refractivity (Wildman–Crippen MR) is 112 cm³/mol. The number of ether oxygens (including phenoxy) is 1. The lowest BCUT2D eigenvalue weighted by molar-refractivity contribution is -0.136. The minimum Gasteiger partial charge on any atom is -0.466 e. The first kappa shape index (κ1) is 20.1. The van der Waals surface area contributed by atoms with Crippen LogP contribution in [0.1, 0.15) is 16.8 Å². The number of rotatable bonds is 6. The van der Waals surface area contributed by atoms with Gasteiger partial charge in [0.2, 0.25) is 0 Å². The van der Waals surface area contributed by atoms with E-state index in [2.05, 4.69) is 0 Å². The maximum Gasteiger partial charge on any atom is 0.335 e. The molecule has 0 atom stereocenters. The van der Waals surface area contributed by atoms with Crippen LogP contribution in [0.2, 0.25) is 0 Å². The summed E-state index contributed by atoms with van der Waals surface area (Å²) in [6.07, 6.45) is 1.68. The quantitative estimate of drug-likeness (QED) is 0.479. The molecule has 3 rings (SSSR count). The summed E-state index contributed by atoms with van der Waals surface area (Å²) in [5.41, 5.74) is 1.60. The van der Waals surface area contributed by atoms with Gasteiger partial charge >= 0.3 is 11.7 Å². The summed E-state index contributed by atoms with van der Waals surface area (Å²) < 4.78 is 7.47. The van der Waals surface area contributed by atoms with E-state index in [0.29, 0.717) is 11.3 Å². The molecule has 0 saturated heterocycles. The standard InChI is InChI=1S/C23H22N2O4/c1-17-13-21(26)25(15-19-11-7-4-8-12-19)23(28)24(17)16-20(22(27)29-2)14-18-9-5-3-6-10-18/h3-14H,15-16H2,1-2H3/b20-14+. The van der Waals surface area contributed by atoms with Crippen molar-refractivity contribution in [3.63, 3.8) is 0 Å². The van der Waals surface area contributed by atoms with E-state index in [9.17, 15) is 14.4 Å². The molecule has 148 valence electrons. The van der Waals surface area contributed by atoms with Crippen LogP contribution in [-0.4, -0.2) is 22.2 Å². The lowest BCUT2D eigenvalue weighted by atomic mass is 10.1. The van der Waals surface area contributed by atoms with E-state index in [1.165, 1.54) is 22.3 Å². The molecule has 2 aromatic carbocycles. The van der Waals surface area contributed by atoms with Crippen LogP contribution in [0.15, 0.2) is 81.9 Å². The van der Waals surface area contributed by atoms with Crippen LogP contribution in [0, 0.1) is 6.92 Å². The molecule has 3 aromatic rings. The number of carbonyl (C=O) groups is 1. The Hall–Kier alpha value is -3.67. The van der Waals surface area contributed by atoms with E-state index in [0.717, 1.165) is 11.1 Å². The van der Waals surface area contributed by atoms with Gasteiger partial charge in [0.15, 0.2) is 0 Å². The number of methoxy groups -OCH3 is 1. The number of aromatic nitrogens is 2. The van der Waals surface area contributed by atoms with Crippen molar-refractivity contribution in [1.29, 1.82) is 0 Å². The van der Waals surface area contributed by atoms with Gasteiger partial charge in [-0.1, -0.05) is 60.7 Å². The Bertz CT molecular complexity index is 1140. The second-order valence-electron chi connectivity index (χ2n) is 6.64. The predicted octanol–water partition coefficient (Wildman–Crippen LogP) is 2.62. The molecule has 1 aromatic heterocycles.